The van der Waals surface area contributed by atoms with E-state index in [0.29, 0.717) is 40.3 Å². The van der Waals surface area contributed by atoms with E-state index in [1.165, 1.54) is 12.1 Å². The van der Waals surface area contributed by atoms with Gasteiger partial charge in [-0.15, -0.1) is 0 Å². The zero-order chi connectivity index (χ0) is 23.3. The summed E-state index contributed by atoms with van der Waals surface area (Å²) < 4.78 is 16.2. The lowest BCUT2D eigenvalue weighted by Gasteiger charge is -2.19. The number of pyridine rings is 1. The summed E-state index contributed by atoms with van der Waals surface area (Å²) in [5, 5.41) is 24.7. The molecule has 4 N–H and O–H groups in total. The molecule has 3 rings (SSSR count). The number of fused-ring (bicyclic) bond motifs is 1. The molecule has 0 saturated heterocycles. The maximum absolute atomic E-state index is 11.6. The third-order valence-electron chi connectivity index (χ3n) is 5.52. The first-order valence-electron chi connectivity index (χ1n) is 10.4. The van der Waals surface area contributed by atoms with Crippen LogP contribution < -0.4 is 25.1 Å². The number of H-pyrrole nitrogens is 1. The third-order valence-corrected chi connectivity index (χ3v) is 5.52. The summed E-state index contributed by atoms with van der Waals surface area (Å²) in [6.07, 6.45) is 0.812. The summed E-state index contributed by atoms with van der Waals surface area (Å²) >= 11 is 0. The van der Waals surface area contributed by atoms with Crippen LogP contribution in [-0.4, -0.2) is 49.1 Å². The maximum Gasteiger partial charge on any atom is 0.248 e. The van der Waals surface area contributed by atoms with Crippen molar-refractivity contribution in [2.45, 2.75) is 31.9 Å². The normalized spacial score (nSPS) is 13.0. The highest BCUT2D eigenvalue weighted by Gasteiger charge is 2.16. The van der Waals surface area contributed by atoms with Crippen LogP contribution in [0.5, 0.6) is 23.0 Å². The van der Waals surface area contributed by atoms with Crippen molar-refractivity contribution in [3.8, 4) is 23.0 Å². The number of aromatic nitrogens is 1. The van der Waals surface area contributed by atoms with Crippen LogP contribution in [-0.2, 0) is 6.42 Å². The molecule has 8 heteroatoms. The van der Waals surface area contributed by atoms with Gasteiger partial charge < -0.3 is 34.7 Å². The summed E-state index contributed by atoms with van der Waals surface area (Å²) in [6.45, 7) is 2.38. The van der Waals surface area contributed by atoms with E-state index in [1.54, 1.807) is 33.5 Å². The Morgan fingerprint density at radius 3 is 2.34 bits per heavy atom. The average Bonchev–Trinajstić information content (AvgIpc) is 2.80. The Hall–Kier alpha value is -3.23. The van der Waals surface area contributed by atoms with E-state index in [9.17, 15) is 15.0 Å². The SMILES string of the molecule is COc1cc(CCC(C)NCC(O)c2ccc(O)c3[nH]c(=O)ccc23)cc(OC)c1OC. The molecule has 3 aromatic rings. The number of methoxy groups -OCH3 is 3. The van der Waals surface area contributed by atoms with E-state index < -0.39 is 6.10 Å². The van der Waals surface area contributed by atoms with Gasteiger partial charge >= 0.3 is 0 Å². The van der Waals surface area contributed by atoms with Crippen LogP contribution in [0.1, 0.15) is 30.6 Å². The van der Waals surface area contributed by atoms with Gasteiger partial charge in [0.15, 0.2) is 11.5 Å². The molecule has 8 nitrogen and oxygen atoms in total. The summed E-state index contributed by atoms with van der Waals surface area (Å²) in [5.41, 5.74) is 1.71. The number of aromatic amines is 1. The van der Waals surface area contributed by atoms with Gasteiger partial charge in [0.2, 0.25) is 11.3 Å². The first kappa shape index (κ1) is 23.4. The zero-order valence-corrected chi connectivity index (χ0v) is 18.8. The van der Waals surface area contributed by atoms with Crippen LogP contribution >= 0.6 is 0 Å². The highest BCUT2D eigenvalue weighted by Crippen LogP contribution is 2.38. The number of aliphatic hydroxyl groups is 1. The van der Waals surface area contributed by atoms with Crippen LogP contribution in [0.3, 0.4) is 0 Å². The highest BCUT2D eigenvalue weighted by atomic mass is 16.5. The van der Waals surface area contributed by atoms with Crippen molar-refractivity contribution in [3.05, 3.63) is 57.9 Å². The smallest absolute Gasteiger partial charge is 0.248 e. The van der Waals surface area contributed by atoms with Crippen molar-refractivity contribution >= 4 is 10.9 Å². The molecule has 0 aliphatic carbocycles. The van der Waals surface area contributed by atoms with Gasteiger partial charge in [0.1, 0.15) is 5.75 Å². The number of hydrogen-bond donors (Lipinski definition) is 4. The standard InChI is InChI=1S/C24H30N2O6/c1-14(5-6-15-11-20(30-2)24(32-4)21(12-15)31-3)25-13-19(28)16-7-9-18(27)23-17(16)8-10-22(29)26-23/h7-12,14,19,25,27-28H,5-6,13H2,1-4H3,(H,26,29). The summed E-state index contributed by atoms with van der Waals surface area (Å²) in [7, 11) is 4.76. The number of hydrogen-bond acceptors (Lipinski definition) is 7. The Labute approximate surface area is 186 Å². The molecule has 32 heavy (non-hydrogen) atoms. The van der Waals surface area contributed by atoms with E-state index >= 15 is 0 Å². The summed E-state index contributed by atoms with van der Waals surface area (Å²) in [5.74, 6) is 1.78. The minimum atomic E-state index is -0.798. The molecule has 0 radical (unpaired) electrons. The molecule has 0 bridgehead atoms. The molecule has 2 aromatic carbocycles. The molecule has 2 unspecified atom stereocenters. The molecule has 172 valence electrons. The molecular formula is C24H30N2O6. The summed E-state index contributed by atoms with van der Waals surface area (Å²) in [4.78, 5) is 14.2. The monoisotopic (exact) mass is 442 g/mol. The molecule has 1 aromatic heterocycles. The van der Waals surface area contributed by atoms with Gasteiger partial charge in [-0.05, 0) is 55.2 Å². The van der Waals surface area contributed by atoms with Crippen molar-refractivity contribution in [2.24, 2.45) is 0 Å². The second-order valence-electron chi connectivity index (χ2n) is 7.68. The van der Waals surface area contributed by atoms with Crippen molar-refractivity contribution in [2.75, 3.05) is 27.9 Å². The number of ether oxygens (including phenoxy) is 3. The number of phenolic OH excluding ortho intramolecular Hbond substituents is 1. The molecule has 0 aliphatic heterocycles. The fourth-order valence-electron chi connectivity index (χ4n) is 3.74. The van der Waals surface area contributed by atoms with Gasteiger partial charge in [0.25, 0.3) is 0 Å². The highest BCUT2D eigenvalue weighted by molar-refractivity contribution is 5.87. The predicted molar refractivity (Wildman–Crippen MR) is 123 cm³/mol. The van der Waals surface area contributed by atoms with E-state index in [2.05, 4.69) is 17.2 Å². The number of phenols is 1. The van der Waals surface area contributed by atoms with Gasteiger partial charge in [-0.2, -0.15) is 0 Å². The van der Waals surface area contributed by atoms with Crippen LogP contribution in [0.2, 0.25) is 0 Å². The molecule has 2 atom stereocenters. The van der Waals surface area contributed by atoms with Crippen LogP contribution in [0.15, 0.2) is 41.2 Å². The van der Waals surface area contributed by atoms with Crippen LogP contribution in [0.4, 0.5) is 0 Å². The number of aromatic hydroxyl groups is 1. The van der Waals surface area contributed by atoms with Gasteiger partial charge in [0, 0.05) is 24.0 Å². The molecule has 0 spiro atoms. The first-order valence-corrected chi connectivity index (χ1v) is 10.4. The number of benzene rings is 2. The fourth-order valence-corrected chi connectivity index (χ4v) is 3.74. The van der Waals surface area contributed by atoms with Gasteiger partial charge in [0.05, 0.1) is 33.0 Å². The van der Waals surface area contributed by atoms with Gasteiger partial charge in [-0.25, -0.2) is 0 Å². The average molecular weight is 443 g/mol. The Morgan fingerprint density at radius 1 is 1.03 bits per heavy atom. The van der Waals surface area contributed by atoms with Gasteiger partial charge in [-0.1, -0.05) is 6.07 Å². The van der Waals surface area contributed by atoms with Crippen molar-refractivity contribution in [1.29, 1.82) is 0 Å². The molecule has 0 fully saturated rings. The third kappa shape index (κ3) is 5.15. The topological polar surface area (TPSA) is 113 Å². The van der Waals surface area contributed by atoms with E-state index in [0.717, 1.165) is 18.4 Å². The van der Waals surface area contributed by atoms with Crippen molar-refractivity contribution in [3.63, 3.8) is 0 Å². The van der Waals surface area contributed by atoms with Crippen LogP contribution in [0.25, 0.3) is 10.9 Å². The Bertz CT molecular complexity index is 1100. The Morgan fingerprint density at radius 2 is 1.72 bits per heavy atom. The fraction of sp³-hybridized carbons (Fsp3) is 0.375. The molecule has 1 heterocycles. The molecule has 0 amide bonds. The summed E-state index contributed by atoms with van der Waals surface area (Å²) in [6, 6.07) is 10.1. The minimum Gasteiger partial charge on any atom is -0.506 e. The number of aryl methyl sites for hydroxylation is 1. The Kier molecular flexibility index (Phi) is 7.61. The van der Waals surface area contributed by atoms with E-state index in [1.807, 2.05) is 12.1 Å². The second-order valence-corrected chi connectivity index (χ2v) is 7.68. The lowest BCUT2D eigenvalue weighted by atomic mass is 10.0. The molecule has 0 aliphatic rings. The van der Waals surface area contributed by atoms with Crippen LogP contribution in [0, 0.1) is 0 Å². The van der Waals surface area contributed by atoms with E-state index in [4.69, 9.17) is 14.2 Å². The Balaban J connectivity index is 1.63. The maximum atomic E-state index is 11.6. The largest absolute Gasteiger partial charge is 0.506 e. The van der Waals surface area contributed by atoms with Crippen molar-refractivity contribution < 1.29 is 24.4 Å². The predicted octanol–water partition coefficient (Wildman–Crippen LogP) is 2.90. The van der Waals surface area contributed by atoms with E-state index in [-0.39, 0.29) is 17.4 Å². The number of nitrogens with one attached hydrogen (secondary N) is 2. The molecular weight excluding hydrogens is 412 g/mol. The zero-order valence-electron chi connectivity index (χ0n) is 18.8. The lowest BCUT2D eigenvalue weighted by molar-refractivity contribution is 0.171. The van der Waals surface area contributed by atoms with Crippen molar-refractivity contribution in [1.82, 2.24) is 10.3 Å². The number of aliphatic hydroxyl groups excluding tert-OH is 1. The second kappa shape index (κ2) is 10.4. The quantitative estimate of drug-likeness (QED) is 0.382. The number of rotatable bonds is 10. The minimum absolute atomic E-state index is 0.0275. The lowest BCUT2D eigenvalue weighted by Crippen LogP contribution is -2.31. The van der Waals surface area contributed by atoms with Gasteiger partial charge in [-0.3, -0.25) is 4.79 Å². The first-order chi connectivity index (χ1) is 15.4. The molecule has 0 saturated carbocycles.